The second-order valence-electron chi connectivity index (χ2n) is 8.01. The monoisotopic (exact) mass is 432 g/mol. The Morgan fingerprint density at radius 1 is 0.933 bits per heavy atom. The van der Waals surface area contributed by atoms with Crippen LogP contribution in [0.2, 0.25) is 5.02 Å². The van der Waals surface area contributed by atoms with Crippen LogP contribution >= 0.6 is 11.6 Å². The summed E-state index contributed by atoms with van der Waals surface area (Å²) in [5.41, 5.74) is 2.77. The maximum Gasteiger partial charge on any atom is 0.153 e. The molecule has 3 rings (SSSR count). The number of halogens is 2. The normalized spacial score (nSPS) is 18.5. The van der Waals surface area contributed by atoms with Crippen LogP contribution in [0.5, 0.6) is 5.75 Å². The predicted molar refractivity (Wildman–Crippen MR) is 128 cm³/mol. The Balaban J connectivity index is 0.00000155. The summed E-state index contributed by atoms with van der Waals surface area (Å²) in [4.78, 5) is 0. The summed E-state index contributed by atoms with van der Waals surface area (Å²) in [6, 6.07) is 11.9. The number of benzene rings is 2. The van der Waals surface area contributed by atoms with Gasteiger partial charge in [0.25, 0.3) is 0 Å². The van der Waals surface area contributed by atoms with Crippen LogP contribution in [-0.4, -0.2) is 6.61 Å². The van der Waals surface area contributed by atoms with E-state index in [0.717, 1.165) is 11.5 Å². The Morgan fingerprint density at radius 2 is 1.60 bits per heavy atom. The van der Waals surface area contributed by atoms with Crippen LogP contribution in [0, 0.1) is 11.7 Å². The second-order valence-corrected chi connectivity index (χ2v) is 8.39. The molecule has 0 spiro atoms. The molecule has 0 heterocycles. The lowest BCUT2D eigenvalue weighted by Crippen LogP contribution is -2.13. The second kappa shape index (κ2) is 13.0. The smallest absolute Gasteiger partial charge is 0.153 e. The molecule has 30 heavy (non-hydrogen) atoms. The topological polar surface area (TPSA) is 9.23 Å². The van der Waals surface area contributed by atoms with Gasteiger partial charge in [0.2, 0.25) is 0 Å². The molecule has 1 nitrogen and oxygen atoms in total. The zero-order valence-corrected chi connectivity index (χ0v) is 19.9. The molecule has 0 atom stereocenters. The average Bonchev–Trinajstić information content (AvgIpc) is 2.79. The number of ether oxygens (including phenoxy) is 1. The molecule has 2 aromatic carbocycles. The SMILES string of the molecule is CC.CCCCCC1CCC(c2ccc(-c3ccc(OCC)c(Cl)c3F)cc2)CC1. The predicted octanol–water partition coefficient (Wildman–Crippen LogP) is 9.43. The van der Waals surface area contributed by atoms with Crippen molar-refractivity contribution in [3.8, 4) is 16.9 Å². The summed E-state index contributed by atoms with van der Waals surface area (Å²) in [5.74, 6) is 1.55. The third-order valence-electron chi connectivity index (χ3n) is 6.10. The molecule has 0 N–H and O–H groups in total. The minimum absolute atomic E-state index is 0.0600. The molecule has 3 heteroatoms. The number of unbranched alkanes of at least 4 members (excludes halogenated alkanes) is 2. The van der Waals surface area contributed by atoms with E-state index in [-0.39, 0.29) is 5.02 Å². The zero-order valence-electron chi connectivity index (χ0n) is 19.1. The molecule has 1 aliphatic rings. The van der Waals surface area contributed by atoms with E-state index < -0.39 is 5.82 Å². The minimum Gasteiger partial charge on any atom is -0.492 e. The molecular formula is C27H38ClFO. The maximum atomic E-state index is 14.7. The molecular weight excluding hydrogens is 395 g/mol. The molecule has 1 fully saturated rings. The molecule has 1 saturated carbocycles. The standard InChI is InChI=1S/C25H32ClFO.C2H6/c1-3-5-6-7-18-8-10-19(11-9-18)20-12-14-21(15-13-20)22-16-17-23(28-4-2)24(26)25(22)27;1-2/h12-19H,3-11H2,1-2H3;1-2H3. The molecule has 1 aliphatic carbocycles. The fraction of sp³-hybridized carbons (Fsp3) is 0.556. The summed E-state index contributed by atoms with van der Waals surface area (Å²) >= 11 is 6.14. The van der Waals surface area contributed by atoms with Crippen molar-refractivity contribution in [1.29, 1.82) is 0 Å². The molecule has 0 saturated heterocycles. The van der Waals surface area contributed by atoms with Crippen LogP contribution in [0.3, 0.4) is 0 Å². The first-order chi connectivity index (χ1) is 14.6. The van der Waals surface area contributed by atoms with Gasteiger partial charge in [-0.3, -0.25) is 0 Å². The van der Waals surface area contributed by atoms with E-state index in [9.17, 15) is 4.39 Å². The Hall–Kier alpha value is -1.54. The summed E-state index contributed by atoms with van der Waals surface area (Å²) in [6.07, 6.45) is 10.7. The summed E-state index contributed by atoms with van der Waals surface area (Å²) < 4.78 is 20.1. The third-order valence-corrected chi connectivity index (χ3v) is 6.45. The third kappa shape index (κ3) is 6.48. The van der Waals surface area contributed by atoms with Gasteiger partial charge < -0.3 is 4.74 Å². The van der Waals surface area contributed by atoms with Gasteiger partial charge in [-0.1, -0.05) is 82.3 Å². The quantitative estimate of drug-likeness (QED) is 0.377. The molecule has 166 valence electrons. The summed E-state index contributed by atoms with van der Waals surface area (Å²) in [6.45, 7) is 8.60. The Morgan fingerprint density at radius 3 is 2.20 bits per heavy atom. The molecule has 0 aliphatic heterocycles. The van der Waals surface area contributed by atoms with E-state index in [0.29, 0.717) is 23.8 Å². The fourth-order valence-corrected chi connectivity index (χ4v) is 4.64. The van der Waals surface area contributed by atoms with Crippen molar-refractivity contribution >= 4 is 11.6 Å². The van der Waals surface area contributed by atoms with Crippen molar-refractivity contribution < 1.29 is 9.13 Å². The van der Waals surface area contributed by atoms with E-state index >= 15 is 0 Å². The average molecular weight is 433 g/mol. The van der Waals surface area contributed by atoms with Gasteiger partial charge in [0, 0.05) is 5.56 Å². The number of rotatable bonds is 8. The Bertz CT molecular complexity index is 748. The van der Waals surface area contributed by atoms with Gasteiger partial charge in [-0.25, -0.2) is 4.39 Å². The van der Waals surface area contributed by atoms with Gasteiger partial charge in [-0.15, -0.1) is 0 Å². The van der Waals surface area contributed by atoms with Crippen molar-refractivity contribution in [2.24, 2.45) is 5.92 Å². The Kier molecular flexibility index (Phi) is 10.7. The van der Waals surface area contributed by atoms with Gasteiger partial charge in [0.05, 0.1) is 6.61 Å². The lowest BCUT2D eigenvalue weighted by molar-refractivity contribution is 0.303. The first-order valence-electron chi connectivity index (χ1n) is 11.8. The Labute approximate surface area is 188 Å². The molecule has 0 aromatic heterocycles. The first kappa shape index (κ1) is 24.7. The highest BCUT2D eigenvalue weighted by Crippen LogP contribution is 2.39. The van der Waals surface area contributed by atoms with Crippen LogP contribution < -0.4 is 4.74 Å². The van der Waals surface area contributed by atoms with Crippen molar-refractivity contribution in [3.05, 3.63) is 52.8 Å². The molecule has 0 radical (unpaired) electrons. The van der Waals surface area contributed by atoms with Crippen molar-refractivity contribution in [2.45, 2.75) is 85.0 Å². The van der Waals surface area contributed by atoms with E-state index in [4.69, 9.17) is 16.3 Å². The highest BCUT2D eigenvalue weighted by molar-refractivity contribution is 6.32. The number of hydrogen-bond donors (Lipinski definition) is 0. The van der Waals surface area contributed by atoms with Crippen molar-refractivity contribution in [2.75, 3.05) is 6.61 Å². The van der Waals surface area contributed by atoms with E-state index in [1.165, 1.54) is 56.9 Å². The molecule has 2 aromatic rings. The van der Waals surface area contributed by atoms with Crippen molar-refractivity contribution in [1.82, 2.24) is 0 Å². The lowest BCUT2D eigenvalue weighted by atomic mass is 9.77. The van der Waals surface area contributed by atoms with E-state index in [1.807, 2.05) is 32.9 Å². The summed E-state index contributed by atoms with van der Waals surface area (Å²) in [7, 11) is 0. The number of hydrogen-bond acceptors (Lipinski definition) is 1. The van der Waals surface area contributed by atoms with Gasteiger partial charge in [-0.05, 0) is 67.7 Å². The van der Waals surface area contributed by atoms with Gasteiger partial charge >= 0.3 is 0 Å². The van der Waals surface area contributed by atoms with Crippen LogP contribution in [0.4, 0.5) is 4.39 Å². The molecule has 0 unspecified atom stereocenters. The summed E-state index contributed by atoms with van der Waals surface area (Å²) in [5, 5.41) is 0.0600. The highest BCUT2D eigenvalue weighted by Gasteiger charge is 2.22. The van der Waals surface area contributed by atoms with Gasteiger partial charge in [0.15, 0.2) is 5.82 Å². The zero-order chi connectivity index (χ0) is 21.9. The van der Waals surface area contributed by atoms with Crippen molar-refractivity contribution in [3.63, 3.8) is 0 Å². The van der Waals surface area contributed by atoms with Crippen LogP contribution in [0.1, 0.15) is 90.5 Å². The van der Waals surface area contributed by atoms with Crippen LogP contribution in [-0.2, 0) is 0 Å². The molecule has 0 amide bonds. The first-order valence-corrected chi connectivity index (χ1v) is 12.2. The van der Waals surface area contributed by atoms with Gasteiger partial charge in [0.1, 0.15) is 10.8 Å². The fourth-order valence-electron chi connectivity index (χ4n) is 4.42. The van der Waals surface area contributed by atoms with Crippen LogP contribution in [0.25, 0.3) is 11.1 Å². The lowest BCUT2D eigenvalue weighted by Gasteiger charge is -2.29. The highest BCUT2D eigenvalue weighted by atomic mass is 35.5. The van der Waals surface area contributed by atoms with Gasteiger partial charge in [-0.2, -0.15) is 0 Å². The van der Waals surface area contributed by atoms with E-state index in [1.54, 1.807) is 12.1 Å². The minimum atomic E-state index is -0.409. The molecule has 0 bridgehead atoms. The van der Waals surface area contributed by atoms with Crippen LogP contribution in [0.15, 0.2) is 36.4 Å². The largest absolute Gasteiger partial charge is 0.492 e. The van der Waals surface area contributed by atoms with E-state index in [2.05, 4.69) is 19.1 Å². The maximum absolute atomic E-state index is 14.7.